The number of nitrogens with zero attached hydrogens (tertiary/aromatic N) is 2. The summed E-state index contributed by atoms with van der Waals surface area (Å²) in [7, 11) is 1.70. The number of ether oxygens (including phenoxy) is 2. The highest BCUT2D eigenvalue weighted by molar-refractivity contribution is 5.64. The average molecular weight is 401 g/mol. The van der Waals surface area contributed by atoms with Crippen molar-refractivity contribution < 1.29 is 14.6 Å². The van der Waals surface area contributed by atoms with Crippen LogP contribution in [-0.4, -0.2) is 74.0 Å². The molecule has 160 valence electrons. The van der Waals surface area contributed by atoms with Crippen LogP contribution in [0.4, 0.5) is 0 Å². The minimum Gasteiger partial charge on any atom is -0.497 e. The molecule has 1 aromatic rings. The van der Waals surface area contributed by atoms with E-state index in [0.717, 1.165) is 55.6 Å². The van der Waals surface area contributed by atoms with E-state index in [-0.39, 0.29) is 6.61 Å². The summed E-state index contributed by atoms with van der Waals surface area (Å²) < 4.78 is 11.3. The zero-order valence-corrected chi connectivity index (χ0v) is 17.8. The molecule has 1 unspecified atom stereocenters. The minimum absolute atomic E-state index is 0.276. The monoisotopic (exact) mass is 400 g/mol. The number of piperazine rings is 1. The lowest BCUT2D eigenvalue weighted by Gasteiger charge is -2.43. The first-order chi connectivity index (χ1) is 14.2. The maximum absolute atomic E-state index is 9.62. The van der Waals surface area contributed by atoms with Crippen molar-refractivity contribution in [2.24, 2.45) is 5.92 Å². The molecule has 2 fully saturated rings. The van der Waals surface area contributed by atoms with Crippen LogP contribution in [0.1, 0.15) is 44.1 Å². The van der Waals surface area contributed by atoms with Gasteiger partial charge in [-0.05, 0) is 55.0 Å². The Hall–Kier alpha value is -1.56. The Labute approximate surface area is 175 Å². The van der Waals surface area contributed by atoms with Crippen LogP contribution in [0.2, 0.25) is 0 Å². The van der Waals surface area contributed by atoms with Gasteiger partial charge in [0.25, 0.3) is 0 Å². The quantitative estimate of drug-likeness (QED) is 0.760. The van der Waals surface area contributed by atoms with E-state index in [1.807, 2.05) is 18.2 Å². The first-order valence-electron chi connectivity index (χ1n) is 11.3. The van der Waals surface area contributed by atoms with Gasteiger partial charge in [0.2, 0.25) is 0 Å². The van der Waals surface area contributed by atoms with Gasteiger partial charge >= 0.3 is 0 Å². The molecule has 5 heteroatoms. The molecule has 0 amide bonds. The van der Waals surface area contributed by atoms with Crippen LogP contribution in [0.15, 0.2) is 23.8 Å². The minimum atomic E-state index is 0.276. The molecule has 0 aromatic heterocycles. The van der Waals surface area contributed by atoms with Crippen molar-refractivity contribution in [1.29, 1.82) is 0 Å². The van der Waals surface area contributed by atoms with E-state index in [4.69, 9.17) is 9.47 Å². The van der Waals surface area contributed by atoms with Crippen LogP contribution in [0.25, 0.3) is 6.08 Å². The van der Waals surface area contributed by atoms with Gasteiger partial charge in [0.1, 0.15) is 18.1 Å². The van der Waals surface area contributed by atoms with E-state index in [1.54, 1.807) is 7.11 Å². The van der Waals surface area contributed by atoms with E-state index in [9.17, 15) is 5.11 Å². The molecule has 1 atom stereocenters. The predicted molar refractivity (Wildman–Crippen MR) is 117 cm³/mol. The Morgan fingerprint density at radius 2 is 2.03 bits per heavy atom. The van der Waals surface area contributed by atoms with Gasteiger partial charge in [-0.2, -0.15) is 0 Å². The molecule has 1 saturated heterocycles. The maximum Gasteiger partial charge on any atom is 0.127 e. The summed E-state index contributed by atoms with van der Waals surface area (Å²) in [6.45, 7) is 6.34. The molecule has 0 spiro atoms. The molecule has 3 aliphatic rings. The second kappa shape index (κ2) is 9.96. The smallest absolute Gasteiger partial charge is 0.127 e. The third-order valence-electron chi connectivity index (χ3n) is 6.78. The van der Waals surface area contributed by atoms with Gasteiger partial charge in [-0.25, -0.2) is 0 Å². The van der Waals surface area contributed by atoms with Crippen molar-refractivity contribution >= 4 is 6.08 Å². The van der Waals surface area contributed by atoms with Crippen molar-refractivity contribution in [3.63, 3.8) is 0 Å². The molecule has 1 aliphatic carbocycles. The Morgan fingerprint density at radius 1 is 1.17 bits per heavy atom. The van der Waals surface area contributed by atoms with Crippen LogP contribution in [0, 0.1) is 5.92 Å². The third-order valence-corrected chi connectivity index (χ3v) is 6.78. The van der Waals surface area contributed by atoms with E-state index in [0.29, 0.717) is 12.6 Å². The van der Waals surface area contributed by atoms with Crippen LogP contribution < -0.4 is 9.47 Å². The van der Waals surface area contributed by atoms with Gasteiger partial charge < -0.3 is 14.6 Å². The lowest BCUT2D eigenvalue weighted by Crippen LogP contribution is -2.55. The maximum atomic E-state index is 9.62. The summed E-state index contributed by atoms with van der Waals surface area (Å²) in [5.74, 6) is 2.66. The van der Waals surface area contributed by atoms with Gasteiger partial charge in [0, 0.05) is 50.9 Å². The number of fused-ring (bicyclic) bond motifs is 1. The summed E-state index contributed by atoms with van der Waals surface area (Å²) in [4.78, 5) is 5.20. The topological polar surface area (TPSA) is 45.2 Å². The molecule has 1 N–H and O–H groups in total. The molecule has 0 radical (unpaired) electrons. The Bertz CT molecular complexity index is 699. The number of benzene rings is 1. The summed E-state index contributed by atoms with van der Waals surface area (Å²) >= 11 is 0. The number of methoxy groups -OCH3 is 1. The fourth-order valence-corrected chi connectivity index (χ4v) is 5.17. The van der Waals surface area contributed by atoms with E-state index in [2.05, 4.69) is 15.9 Å². The molecular weight excluding hydrogens is 364 g/mol. The zero-order valence-electron chi connectivity index (χ0n) is 17.8. The van der Waals surface area contributed by atoms with Gasteiger partial charge in [-0.1, -0.05) is 19.3 Å². The van der Waals surface area contributed by atoms with Gasteiger partial charge in [0.05, 0.1) is 7.11 Å². The highest BCUT2D eigenvalue weighted by atomic mass is 16.5. The second-order valence-electron chi connectivity index (χ2n) is 8.90. The number of hydrogen-bond acceptors (Lipinski definition) is 5. The molecule has 29 heavy (non-hydrogen) atoms. The number of hydrogen-bond donors (Lipinski definition) is 1. The van der Waals surface area contributed by atoms with Crippen molar-refractivity contribution in [3.8, 4) is 11.5 Å². The molecule has 0 bridgehead atoms. The Morgan fingerprint density at radius 3 is 2.83 bits per heavy atom. The fraction of sp³-hybridized carbons (Fsp3) is 0.667. The molecule has 5 nitrogen and oxygen atoms in total. The van der Waals surface area contributed by atoms with Crippen molar-refractivity contribution in [2.45, 2.75) is 44.6 Å². The number of rotatable bonds is 7. The van der Waals surface area contributed by atoms with Crippen LogP contribution >= 0.6 is 0 Å². The standard InChI is InChI=1S/C24H36N2O3/c1-28-23-7-8-24-21(14-23)13-20(18-29-24)15-25-10-11-26(22(17-25)9-12-27)16-19-5-3-2-4-6-19/h7-8,13-14,19,22,27H,2-6,9-12,15-18H2,1H3. The second-order valence-corrected chi connectivity index (χ2v) is 8.90. The van der Waals surface area contributed by atoms with Gasteiger partial charge in [0.15, 0.2) is 0 Å². The average Bonchev–Trinajstić information content (AvgIpc) is 2.76. The SMILES string of the molecule is COc1ccc2c(c1)C=C(CN1CCN(CC3CCCCC3)C(CCO)C1)CO2. The van der Waals surface area contributed by atoms with Crippen molar-refractivity contribution in [2.75, 3.05) is 53.0 Å². The molecule has 2 aliphatic heterocycles. The number of aliphatic hydroxyl groups is 1. The van der Waals surface area contributed by atoms with Crippen molar-refractivity contribution in [3.05, 3.63) is 29.3 Å². The summed E-state index contributed by atoms with van der Waals surface area (Å²) in [6, 6.07) is 6.45. The Kier molecular flexibility index (Phi) is 7.11. The molecule has 2 heterocycles. The molecule has 1 saturated carbocycles. The van der Waals surface area contributed by atoms with Gasteiger partial charge in [-0.15, -0.1) is 0 Å². The van der Waals surface area contributed by atoms with Crippen molar-refractivity contribution in [1.82, 2.24) is 9.80 Å². The molecule has 4 rings (SSSR count). The predicted octanol–water partition coefficient (Wildman–Crippen LogP) is 3.42. The van der Waals surface area contributed by atoms with Crippen LogP contribution in [0.5, 0.6) is 11.5 Å². The lowest BCUT2D eigenvalue weighted by molar-refractivity contribution is 0.0466. The lowest BCUT2D eigenvalue weighted by atomic mass is 9.88. The van der Waals surface area contributed by atoms with Gasteiger partial charge in [-0.3, -0.25) is 9.80 Å². The number of aliphatic hydroxyl groups excluding tert-OH is 1. The summed E-state index contributed by atoms with van der Waals surface area (Å²) in [5, 5.41) is 9.62. The highest BCUT2D eigenvalue weighted by Crippen LogP contribution is 2.31. The first kappa shape index (κ1) is 20.7. The van der Waals surface area contributed by atoms with Crippen LogP contribution in [-0.2, 0) is 0 Å². The molecular formula is C24H36N2O3. The molecule has 1 aromatic carbocycles. The normalized spacial score (nSPS) is 23.9. The summed E-state index contributed by atoms with van der Waals surface area (Å²) in [5.41, 5.74) is 2.42. The fourth-order valence-electron chi connectivity index (χ4n) is 5.17. The van der Waals surface area contributed by atoms with E-state index < -0.39 is 0 Å². The first-order valence-corrected chi connectivity index (χ1v) is 11.3. The summed E-state index contributed by atoms with van der Waals surface area (Å²) in [6.07, 6.45) is 10.1. The highest BCUT2D eigenvalue weighted by Gasteiger charge is 2.29. The van der Waals surface area contributed by atoms with E-state index >= 15 is 0 Å². The zero-order chi connectivity index (χ0) is 20.1. The van der Waals surface area contributed by atoms with Crippen LogP contribution in [0.3, 0.4) is 0 Å². The Balaban J connectivity index is 1.36. The van der Waals surface area contributed by atoms with E-state index in [1.165, 1.54) is 44.2 Å². The largest absolute Gasteiger partial charge is 0.497 e. The third kappa shape index (κ3) is 5.33.